The second kappa shape index (κ2) is 8.11. The molecule has 1 atom stereocenters. The largest absolute Gasteiger partial charge is 0.508 e. The predicted molar refractivity (Wildman–Crippen MR) is 99.5 cm³/mol. The minimum Gasteiger partial charge on any atom is -0.508 e. The summed E-state index contributed by atoms with van der Waals surface area (Å²) in [6, 6.07) is 15.0. The summed E-state index contributed by atoms with van der Waals surface area (Å²) in [4.78, 5) is 12.3. The monoisotopic (exact) mass is 318 g/mol. The molecule has 2 heteroatoms. The highest BCUT2D eigenvalue weighted by Gasteiger charge is 2.10. The number of carbonyl (C=O) groups excluding carboxylic acids is 1. The smallest absolute Gasteiger partial charge is 0.192 e. The third kappa shape index (κ3) is 4.32. The maximum Gasteiger partial charge on any atom is 0.192 e. The van der Waals surface area contributed by atoms with Crippen LogP contribution in [0.1, 0.15) is 34.3 Å². The number of carbonyl (C=O) groups is 1. The number of benzene rings is 2. The van der Waals surface area contributed by atoms with E-state index in [-0.39, 0.29) is 11.5 Å². The molecular weight excluding hydrogens is 296 g/mol. The lowest BCUT2D eigenvalue weighted by molar-refractivity contribution is 0.103. The lowest BCUT2D eigenvalue weighted by atomic mass is 9.92. The van der Waals surface area contributed by atoms with E-state index in [1.165, 1.54) is 11.1 Å². The third-order valence-electron chi connectivity index (χ3n) is 4.00. The quantitative estimate of drug-likeness (QED) is 0.432. The minimum absolute atomic E-state index is 0.0527. The van der Waals surface area contributed by atoms with E-state index in [0.717, 1.165) is 6.42 Å². The molecule has 1 unspecified atom stereocenters. The molecule has 2 nitrogen and oxygen atoms in total. The van der Waals surface area contributed by atoms with Crippen molar-refractivity contribution in [3.8, 4) is 5.75 Å². The summed E-state index contributed by atoms with van der Waals surface area (Å²) in [5.74, 6) is 0.555. The van der Waals surface area contributed by atoms with Crippen molar-refractivity contribution in [2.45, 2.75) is 19.3 Å². The predicted octanol–water partition coefficient (Wildman–Crippen LogP) is 5.22. The van der Waals surface area contributed by atoms with Crippen LogP contribution in [0.5, 0.6) is 5.75 Å². The zero-order chi connectivity index (χ0) is 17.5. The molecule has 0 amide bonds. The number of allylic oxidation sites excluding steroid dienone is 4. The van der Waals surface area contributed by atoms with E-state index in [2.05, 4.69) is 20.1 Å². The van der Waals surface area contributed by atoms with Gasteiger partial charge in [0, 0.05) is 11.1 Å². The van der Waals surface area contributed by atoms with Crippen LogP contribution in [0.15, 0.2) is 85.5 Å². The minimum atomic E-state index is -0.0527. The summed E-state index contributed by atoms with van der Waals surface area (Å²) in [7, 11) is 0. The van der Waals surface area contributed by atoms with Crippen molar-refractivity contribution in [3.05, 3.63) is 102 Å². The Morgan fingerprint density at radius 3 is 2.25 bits per heavy atom. The molecule has 0 bridgehead atoms. The lowest BCUT2D eigenvalue weighted by Crippen LogP contribution is -2.03. The Morgan fingerprint density at radius 1 is 1.08 bits per heavy atom. The van der Waals surface area contributed by atoms with Gasteiger partial charge in [0.1, 0.15) is 5.75 Å². The zero-order valence-corrected chi connectivity index (χ0v) is 13.9. The molecule has 0 fully saturated rings. The molecule has 0 aliphatic heterocycles. The van der Waals surface area contributed by atoms with Gasteiger partial charge in [-0.05, 0) is 35.6 Å². The highest BCUT2D eigenvalue weighted by atomic mass is 16.3. The second-order valence-electron chi connectivity index (χ2n) is 5.78. The van der Waals surface area contributed by atoms with Crippen LogP contribution < -0.4 is 0 Å². The Balaban J connectivity index is 2.10. The molecule has 1 N–H and O–H groups in total. The van der Waals surface area contributed by atoms with Gasteiger partial charge in [-0.1, -0.05) is 74.7 Å². The number of rotatable bonds is 7. The molecule has 0 aliphatic carbocycles. The lowest BCUT2D eigenvalue weighted by Gasteiger charge is -2.12. The molecule has 2 rings (SSSR count). The van der Waals surface area contributed by atoms with E-state index in [0.29, 0.717) is 17.1 Å². The number of phenolic OH excluding ortho intramolecular Hbond substituents is 1. The molecule has 0 saturated carbocycles. The number of hydrogen-bond acceptors (Lipinski definition) is 2. The van der Waals surface area contributed by atoms with Crippen LogP contribution in [0.4, 0.5) is 0 Å². The first-order valence-corrected chi connectivity index (χ1v) is 7.93. The van der Waals surface area contributed by atoms with Crippen LogP contribution in [0.2, 0.25) is 0 Å². The van der Waals surface area contributed by atoms with Gasteiger partial charge in [-0.25, -0.2) is 0 Å². The molecule has 24 heavy (non-hydrogen) atoms. The van der Waals surface area contributed by atoms with E-state index < -0.39 is 0 Å². The second-order valence-corrected chi connectivity index (χ2v) is 5.78. The third-order valence-corrected chi connectivity index (χ3v) is 4.00. The highest BCUT2D eigenvalue weighted by molar-refractivity contribution is 6.10. The molecule has 2 aromatic carbocycles. The van der Waals surface area contributed by atoms with E-state index in [4.69, 9.17) is 0 Å². The van der Waals surface area contributed by atoms with Gasteiger partial charge in [0.15, 0.2) is 5.78 Å². The maximum atomic E-state index is 12.3. The summed E-state index contributed by atoms with van der Waals surface area (Å²) in [6.45, 7) is 9.43. The van der Waals surface area contributed by atoms with Crippen molar-refractivity contribution in [1.82, 2.24) is 0 Å². The molecule has 0 heterocycles. The molecule has 0 spiro atoms. The Morgan fingerprint density at radius 2 is 1.71 bits per heavy atom. The zero-order valence-electron chi connectivity index (χ0n) is 13.9. The number of phenols is 1. The molecule has 0 radical (unpaired) electrons. The Labute approximate surface area is 143 Å². The van der Waals surface area contributed by atoms with Crippen LogP contribution in [0.25, 0.3) is 0 Å². The summed E-state index contributed by atoms with van der Waals surface area (Å²) in [5.41, 5.74) is 3.52. The van der Waals surface area contributed by atoms with E-state index in [1.54, 1.807) is 30.4 Å². The van der Waals surface area contributed by atoms with Crippen LogP contribution in [0, 0.1) is 0 Å². The van der Waals surface area contributed by atoms with Crippen molar-refractivity contribution in [2.24, 2.45) is 0 Å². The van der Waals surface area contributed by atoms with Gasteiger partial charge in [-0.15, -0.1) is 0 Å². The Kier molecular flexibility index (Phi) is 5.91. The first-order chi connectivity index (χ1) is 11.5. The van der Waals surface area contributed by atoms with E-state index in [1.807, 2.05) is 36.4 Å². The van der Waals surface area contributed by atoms with Crippen molar-refractivity contribution in [2.75, 3.05) is 0 Å². The SMILES string of the molecule is C=C/C=C(\C=C)C(=O)c1ccc(CC(C)c2ccc(O)cc2)cc1. The van der Waals surface area contributed by atoms with Crippen LogP contribution >= 0.6 is 0 Å². The van der Waals surface area contributed by atoms with Gasteiger partial charge in [0.2, 0.25) is 0 Å². The average molecular weight is 318 g/mol. The fraction of sp³-hybridized carbons (Fsp3) is 0.136. The normalized spacial score (nSPS) is 12.5. The van der Waals surface area contributed by atoms with Gasteiger partial charge in [-0.3, -0.25) is 4.79 Å². The summed E-state index contributed by atoms with van der Waals surface area (Å²) in [6.07, 6.45) is 5.67. The van der Waals surface area contributed by atoms with Crippen molar-refractivity contribution in [3.63, 3.8) is 0 Å². The summed E-state index contributed by atoms with van der Waals surface area (Å²) >= 11 is 0. The number of aromatic hydroxyl groups is 1. The van der Waals surface area contributed by atoms with E-state index in [9.17, 15) is 9.90 Å². The van der Waals surface area contributed by atoms with E-state index >= 15 is 0 Å². The fourth-order valence-corrected chi connectivity index (χ4v) is 2.60. The highest BCUT2D eigenvalue weighted by Crippen LogP contribution is 2.23. The topological polar surface area (TPSA) is 37.3 Å². The Hall–Kier alpha value is -2.87. The first kappa shape index (κ1) is 17.5. The van der Waals surface area contributed by atoms with Crippen molar-refractivity contribution in [1.29, 1.82) is 0 Å². The summed E-state index contributed by atoms with van der Waals surface area (Å²) < 4.78 is 0. The van der Waals surface area contributed by atoms with Crippen LogP contribution in [0.3, 0.4) is 0 Å². The number of Topliss-reactive ketones (excluding diaryl/α,β-unsaturated/α-hetero) is 1. The van der Waals surface area contributed by atoms with Crippen LogP contribution in [-0.4, -0.2) is 10.9 Å². The molecule has 0 aliphatic rings. The van der Waals surface area contributed by atoms with Gasteiger partial charge in [0.25, 0.3) is 0 Å². The number of hydrogen-bond donors (Lipinski definition) is 1. The van der Waals surface area contributed by atoms with Gasteiger partial charge in [0.05, 0.1) is 0 Å². The Bertz CT molecular complexity index is 750. The first-order valence-electron chi connectivity index (χ1n) is 7.93. The molecule has 0 saturated heterocycles. The average Bonchev–Trinajstić information content (AvgIpc) is 2.60. The van der Waals surface area contributed by atoms with Crippen molar-refractivity contribution < 1.29 is 9.90 Å². The van der Waals surface area contributed by atoms with Crippen LogP contribution in [-0.2, 0) is 6.42 Å². The van der Waals surface area contributed by atoms with Gasteiger partial charge in [-0.2, -0.15) is 0 Å². The summed E-state index contributed by atoms with van der Waals surface area (Å²) in [5, 5.41) is 9.36. The van der Waals surface area contributed by atoms with Gasteiger partial charge < -0.3 is 5.11 Å². The molecular formula is C22H22O2. The maximum absolute atomic E-state index is 12.3. The van der Waals surface area contributed by atoms with Gasteiger partial charge >= 0.3 is 0 Å². The van der Waals surface area contributed by atoms with Crippen molar-refractivity contribution >= 4 is 5.78 Å². The standard InChI is InChI=1S/C22H22O2/c1-4-6-18(5-2)22(24)20-9-7-17(8-10-20)15-16(3)19-11-13-21(23)14-12-19/h4-14,16,23H,1-2,15H2,3H3/b18-6+. The molecule has 0 aromatic heterocycles. The number of ketones is 1. The molecule has 2 aromatic rings. The fourth-order valence-electron chi connectivity index (χ4n) is 2.60. The molecule has 122 valence electrons.